The number of aromatic nitrogens is 4. The number of nitrogens with zero attached hydrogens (tertiary/aromatic N) is 5. The molecule has 0 saturated carbocycles. The number of hydrogen-bond donors (Lipinski definition) is 0. The van der Waals surface area contributed by atoms with Crippen LogP contribution in [-0.4, -0.2) is 52.3 Å². The molecule has 0 bridgehead atoms. The minimum atomic E-state index is -0.786. The Morgan fingerprint density at radius 3 is 2.76 bits per heavy atom. The maximum atomic E-state index is 13.7. The van der Waals surface area contributed by atoms with E-state index >= 15 is 0 Å². The van der Waals surface area contributed by atoms with Crippen molar-refractivity contribution in [2.24, 2.45) is 0 Å². The second-order valence-corrected chi connectivity index (χ2v) is 4.46. The predicted octanol–water partition coefficient (Wildman–Crippen LogP) is 0.133. The molecule has 0 radical (unpaired) electrons. The van der Waals surface area contributed by atoms with Crippen LogP contribution in [0.25, 0.3) is 5.69 Å². The Hall–Kier alpha value is -2.42. The van der Waals surface area contributed by atoms with E-state index in [4.69, 9.17) is 4.74 Å². The van der Waals surface area contributed by atoms with E-state index in [9.17, 15) is 13.6 Å². The van der Waals surface area contributed by atoms with Crippen molar-refractivity contribution in [3.63, 3.8) is 0 Å². The summed E-state index contributed by atoms with van der Waals surface area (Å²) in [7, 11) is 0. The van der Waals surface area contributed by atoms with Crippen LogP contribution in [-0.2, 0) is 4.74 Å². The van der Waals surface area contributed by atoms with Crippen molar-refractivity contribution in [1.29, 1.82) is 0 Å². The van der Waals surface area contributed by atoms with Crippen molar-refractivity contribution < 1.29 is 23.0 Å². The van der Waals surface area contributed by atoms with Gasteiger partial charge in [0.1, 0.15) is 11.0 Å². The average molecular weight is 296 g/mol. The van der Waals surface area contributed by atoms with Crippen molar-refractivity contribution in [3.8, 4) is 5.69 Å². The highest BCUT2D eigenvalue weighted by atomic mass is 19.1. The molecule has 0 atom stereocenters. The predicted molar refractivity (Wildman–Crippen MR) is 64.7 cm³/mol. The molecule has 0 aliphatic carbocycles. The molecule has 1 aliphatic heterocycles. The topological polar surface area (TPSA) is 64.1 Å². The van der Waals surface area contributed by atoms with Gasteiger partial charge in [-0.2, -0.15) is 0 Å². The first-order chi connectivity index (χ1) is 10.1. The molecular weight excluding hydrogens is 284 g/mol. The van der Waals surface area contributed by atoms with Crippen LogP contribution in [0.15, 0.2) is 24.5 Å². The summed E-state index contributed by atoms with van der Waals surface area (Å²) >= 11 is 0. The van der Waals surface area contributed by atoms with Gasteiger partial charge in [-0.25, -0.2) is 13.6 Å². The fourth-order valence-corrected chi connectivity index (χ4v) is 2.00. The highest BCUT2D eigenvalue weighted by Gasteiger charge is 2.26. The van der Waals surface area contributed by atoms with Crippen molar-refractivity contribution in [1.82, 2.24) is 20.0 Å². The summed E-state index contributed by atoms with van der Waals surface area (Å²) in [5.74, 6) is -1.47. The van der Waals surface area contributed by atoms with Gasteiger partial charge in [0, 0.05) is 19.2 Å². The zero-order valence-electron chi connectivity index (χ0n) is 10.9. The second kappa shape index (κ2) is 5.52. The largest absolute Gasteiger partial charge is 0.420 e. The average Bonchev–Trinajstić information content (AvgIpc) is 2.97. The molecule has 1 amide bonds. The maximum Gasteiger partial charge on any atom is 0.420 e. The first kappa shape index (κ1) is 13.6. The molecule has 1 fully saturated rings. The summed E-state index contributed by atoms with van der Waals surface area (Å²) in [4.78, 5) is 13.7. The van der Waals surface area contributed by atoms with Crippen LogP contribution >= 0.6 is 0 Å². The van der Waals surface area contributed by atoms with Crippen LogP contribution < -0.4 is 4.68 Å². The molecule has 0 spiro atoms. The molecule has 3 rings (SSSR count). The summed E-state index contributed by atoms with van der Waals surface area (Å²) in [6.07, 6.45) is 1.24. The van der Waals surface area contributed by atoms with Gasteiger partial charge in [-0.05, 0) is 16.8 Å². The number of rotatable bonds is 1. The van der Waals surface area contributed by atoms with Gasteiger partial charge in [0.2, 0.25) is 0 Å². The number of carbonyl (C=O) groups excluding carboxylic acids is 1. The number of halogens is 2. The van der Waals surface area contributed by atoms with Crippen molar-refractivity contribution >= 4 is 6.03 Å². The van der Waals surface area contributed by atoms with E-state index in [2.05, 4.69) is 10.4 Å². The Bertz CT molecular complexity index is 669. The molecule has 0 N–H and O–H groups in total. The molecule has 2 heterocycles. The Kier molecular flexibility index (Phi) is 3.57. The lowest BCUT2D eigenvalue weighted by atomic mass is 10.3. The molecule has 110 valence electrons. The molecule has 9 heteroatoms. The third-order valence-electron chi connectivity index (χ3n) is 3.09. The van der Waals surface area contributed by atoms with Gasteiger partial charge in [-0.3, -0.25) is 0 Å². The van der Waals surface area contributed by atoms with Gasteiger partial charge in [-0.15, -0.1) is 4.68 Å². The third kappa shape index (κ3) is 2.72. The Morgan fingerprint density at radius 1 is 1.29 bits per heavy atom. The number of ether oxygens (including phenoxy) is 1. The summed E-state index contributed by atoms with van der Waals surface area (Å²) in [5.41, 5.74) is 0.0115. The number of tetrazole rings is 1. The van der Waals surface area contributed by atoms with Crippen LogP contribution in [0.5, 0.6) is 0 Å². The minimum absolute atomic E-state index is 0.0115. The molecule has 1 aliphatic rings. The van der Waals surface area contributed by atoms with Gasteiger partial charge in [-0.1, -0.05) is 0 Å². The van der Waals surface area contributed by atoms with E-state index in [0.717, 1.165) is 21.5 Å². The van der Waals surface area contributed by atoms with E-state index in [-0.39, 0.29) is 11.7 Å². The number of amides is 1. The van der Waals surface area contributed by atoms with Crippen LogP contribution in [0, 0.1) is 11.6 Å². The van der Waals surface area contributed by atoms with Crippen LogP contribution in [0.4, 0.5) is 13.6 Å². The molecule has 21 heavy (non-hydrogen) atoms. The molecule has 1 aromatic carbocycles. The molecule has 1 saturated heterocycles. The standard InChI is InChI=1S/C12H12F2N5O2/c13-9-1-2-11(10(14)7-9)18-8-19(16-15-18)12(20)17-3-5-21-6-4-17/h1-2,7-8H,3-6H2/q+1. The van der Waals surface area contributed by atoms with Crippen molar-refractivity contribution in [3.05, 3.63) is 36.2 Å². The molecular formula is C12H12F2N5O2+. The van der Waals surface area contributed by atoms with Crippen molar-refractivity contribution in [2.45, 2.75) is 0 Å². The van der Waals surface area contributed by atoms with E-state index < -0.39 is 11.6 Å². The Balaban J connectivity index is 1.84. The van der Waals surface area contributed by atoms with Gasteiger partial charge >= 0.3 is 6.03 Å². The summed E-state index contributed by atoms with van der Waals surface area (Å²) < 4.78 is 33.8. The molecule has 7 nitrogen and oxygen atoms in total. The minimum Gasteiger partial charge on any atom is -0.378 e. The number of carbonyl (C=O) groups is 1. The lowest BCUT2D eigenvalue weighted by Crippen LogP contribution is -2.43. The monoisotopic (exact) mass is 296 g/mol. The third-order valence-corrected chi connectivity index (χ3v) is 3.09. The normalized spacial score (nSPS) is 15.2. The smallest absolute Gasteiger partial charge is 0.378 e. The Morgan fingerprint density at radius 2 is 2.05 bits per heavy atom. The Labute approximate surface area is 118 Å². The highest BCUT2D eigenvalue weighted by Crippen LogP contribution is 2.08. The summed E-state index contributed by atoms with van der Waals surface area (Å²) in [6.45, 7) is 1.85. The SMILES string of the molecule is O=C(N1CCOCC1)n1c[n+](-c2ccc(F)cc2F)nn1. The van der Waals surface area contributed by atoms with Gasteiger partial charge in [0.25, 0.3) is 6.33 Å². The van der Waals surface area contributed by atoms with Crippen molar-refractivity contribution in [2.75, 3.05) is 26.3 Å². The first-order valence-corrected chi connectivity index (χ1v) is 6.32. The lowest BCUT2D eigenvalue weighted by Gasteiger charge is -2.23. The zero-order valence-corrected chi connectivity index (χ0v) is 10.9. The summed E-state index contributed by atoms with van der Waals surface area (Å²) in [5, 5.41) is 7.35. The van der Waals surface area contributed by atoms with E-state index in [1.54, 1.807) is 4.90 Å². The zero-order chi connectivity index (χ0) is 14.8. The quantitative estimate of drug-likeness (QED) is 0.554. The fraction of sp³-hybridized carbons (Fsp3) is 0.333. The lowest BCUT2D eigenvalue weighted by molar-refractivity contribution is -0.662. The number of hydrogen-bond acceptors (Lipinski definition) is 4. The fourth-order valence-electron chi connectivity index (χ4n) is 2.00. The van der Waals surface area contributed by atoms with Gasteiger partial charge in [0.05, 0.1) is 13.2 Å². The van der Waals surface area contributed by atoms with Crippen LogP contribution in [0.3, 0.4) is 0 Å². The van der Waals surface area contributed by atoms with Crippen LogP contribution in [0.1, 0.15) is 0 Å². The summed E-state index contributed by atoms with van der Waals surface area (Å²) in [6, 6.07) is 2.70. The number of benzene rings is 1. The van der Waals surface area contributed by atoms with Crippen LogP contribution in [0.2, 0.25) is 0 Å². The number of morpholine rings is 1. The molecule has 0 unspecified atom stereocenters. The van der Waals surface area contributed by atoms with Gasteiger partial charge < -0.3 is 9.64 Å². The first-order valence-electron chi connectivity index (χ1n) is 6.32. The van der Waals surface area contributed by atoms with E-state index in [1.807, 2.05) is 0 Å². The molecule has 2 aromatic rings. The second-order valence-electron chi connectivity index (χ2n) is 4.46. The van der Waals surface area contributed by atoms with Gasteiger partial charge in [0.15, 0.2) is 16.7 Å². The van der Waals surface area contributed by atoms with E-state index in [1.165, 1.54) is 12.4 Å². The molecule has 1 aromatic heterocycles. The highest BCUT2D eigenvalue weighted by molar-refractivity contribution is 5.75. The van der Waals surface area contributed by atoms with E-state index in [0.29, 0.717) is 26.3 Å². The maximum absolute atomic E-state index is 13.7.